The number of anilines is 2. The summed E-state index contributed by atoms with van der Waals surface area (Å²) in [5, 5.41) is 15.9. The van der Waals surface area contributed by atoms with Gasteiger partial charge in [0.1, 0.15) is 5.75 Å². The molecule has 0 radical (unpaired) electrons. The molecular weight excluding hydrogens is 364 g/mol. The summed E-state index contributed by atoms with van der Waals surface area (Å²) in [6.07, 6.45) is 3.50. The highest BCUT2D eigenvalue weighted by Gasteiger charge is 2.10. The van der Waals surface area contributed by atoms with Crippen LogP contribution < -0.4 is 10.6 Å². The average molecular weight is 382 g/mol. The van der Waals surface area contributed by atoms with Crippen molar-refractivity contribution in [2.75, 3.05) is 16.4 Å². The Bertz CT molecular complexity index is 954. The van der Waals surface area contributed by atoms with Crippen molar-refractivity contribution in [1.29, 1.82) is 0 Å². The predicted molar refractivity (Wildman–Crippen MR) is 105 cm³/mol. The first-order valence-electron chi connectivity index (χ1n) is 8.12. The third-order valence-electron chi connectivity index (χ3n) is 3.69. The number of hydrogen-bond donors (Lipinski definition) is 3. The second-order valence-electron chi connectivity index (χ2n) is 5.71. The SMILES string of the molecule is Cn1ccnc1SCC(=O)Nc1ccc(C(=O)Nc2ccccc2O)cc1. The van der Waals surface area contributed by atoms with E-state index in [2.05, 4.69) is 15.6 Å². The molecule has 0 fully saturated rings. The Morgan fingerprint density at radius 2 is 1.85 bits per heavy atom. The van der Waals surface area contributed by atoms with Crippen molar-refractivity contribution < 1.29 is 14.7 Å². The number of benzene rings is 2. The predicted octanol–water partition coefficient (Wildman–Crippen LogP) is 3.11. The number of aryl methyl sites for hydroxylation is 1. The molecular formula is C19H18N4O3S. The van der Waals surface area contributed by atoms with Crippen LogP contribution in [-0.2, 0) is 11.8 Å². The van der Waals surface area contributed by atoms with Crippen molar-refractivity contribution in [2.24, 2.45) is 7.05 Å². The first kappa shape index (κ1) is 18.5. The molecule has 7 nitrogen and oxygen atoms in total. The Labute approximate surface area is 160 Å². The lowest BCUT2D eigenvalue weighted by atomic mass is 10.2. The Hall–Kier alpha value is -3.26. The maximum atomic E-state index is 12.2. The van der Waals surface area contributed by atoms with Crippen LogP contribution in [0.4, 0.5) is 11.4 Å². The maximum absolute atomic E-state index is 12.2. The first-order valence-corrected chi connectivity index (χ1v) is 9.11. The molecule has 0 aliphatic heterocycles. The zero-order valence-corrected chi connectivity index (χ0v) is 15.4. The minimum absolute atomic E-state index is 0.0000503. The lowest BCUT2D eigenvalue weighted by molar-refractivity contribution is -0.113. The van der Waals surface area contributed by atoms with E-state index in [-0.39, 0.29) is 23.3 Å². The van der Waals surface area contributed by atoms with Crippen molar-refractivity contribution in [3.05, 3.63) is 66.5 Å². The first-order chi connectivity index (χ1) is 13.0. The van der Waals surface area contributed by atoms with E-state index in [1.165, 1.54) is 17.8 Å². The van der Waals surface area contributed by atoms with Crippen molar-refractivity contribution in [2.45, 2.75) is 5.16 Å². The molecule has 0 aliphatic rings. The van der Waals surface area contributed by atoms with Crippen LogP contribution in [0.25, 0.3) is 0 Å². The Morgan fingerprint density at radius 3 is 2.52 bits per heavy atom. The fourth-order valence-electron chi connectivity index (χ4n) is 2.30. The van der Waals surface area contributed by atoms with Gasteiger partial charge in [0, 0.05) is 30.7 Å². The quantitative estimate of drug-likeness (QED) is 0.450. The summed E-state index contributed by atoms with van der Waals surface area (Å²) in [5.41, 5.74) is 1.35. The summed E-state index contributed by atoms with van der Waals surface area (Å²) in [4.78, 5) is 28.4. The van der Waals surface area contributed by atoms with Crippen LogP contribution in [0.3, 0.4) is 0 Å². The minimum Gasteiger partial charge on any atom is -0.506 e. The number of aromatic nitrogens is 2. The molecule has 2 aromatic carbocycles. The van der Waals surface area contributed by atoms with E-state index in [9.17, 15) is 14.7 Å². The highest BCUT2D eigenvalue weighted by Crippen LogP contribution is 2.22. The molecule has 8 heteroatoms. The number of thioether (sulfide) groups is 1. The molecule has 0 spiro atoms. The van der Waals surface area contributed by atoms with Crippen LogP contribution >= 0.6 is 11.8 Å². The Kier molecular flexibility index (Phi) is 5.77. The summed E-state index contributed by atoms with van der Waals surface area (Å²) >= 11 is 1.34. The topological polar surface area (TPSA) is 96.2 Å². The molecule has 0 saturated heterocycles. The highest BCUT2D eigenvalue weighted by atomic mass is 32.2. The molecule has 0 bridgehead atoms. The molecule has 0 aliphatic carbocycles. The number of phenolic OH excluding ortho intramolecular Hbond substituents is 1. The summed E-state index contributed by atoms with van der Waals surface area (Å²) in [6.45, 7) is 0. The molecule has 27 heavy (non-hydrogen) atoms. The van der Waals surface area contributed by atoms with E-state index in [1.807, 2.05) is 17.8 Å². The Morgan fingerprint density at radius 1 is 1.11 bits per heavy atom. The summed E-state index contributed by atoms with van der Waals surface area (Å²) in [5.74, 6) is -0.269. The lowest BCUT2D eigenvalue weighted by Crippen LogP contribution is -2.15. The highest BCUT2D eigenvalue weighted by molar-refractivity contribution is 7.99. The molecule has 1 aromatic heterocycles. The second kappa shape index (κ2) is 8.41. The number of rotatable bonds is 6. The maximum Gasteiger partial charge on any atom is 0.255 e. The van der Waals surface area contributed by atoms with Crippen LogP contribution in [0.15, 0.2) is 66.1 Å². The van der Waals surface area contributed by atoms with Gasteiger partial charge in [0.05, 0.1) is 11.4 Å². The van der Waals surface area contributed by atoms with Gasteiger partial charge in [0.15, 0.2) is 5.16 Å². The third-order valence-corrected chi connectivity index (χ3v) is 4.75. The molecule has 2 amide bonds. The lowest BCUT2D eigenvalue weighted by Gasteiger charge is -2.08. The van der Waals surface area contributed by atoms with Gasteiger partial charge in [-0.3, -0.25) is 9.59 Å². The molecule has 0 unspecified atom stereocenters. The van der Waals surface area contributed by atoms with Crippen LogP contribution in [-0.4, -0.2) is 32.2 Å². The fraction of sp³-hybridized carbons (Fsp3) is 0.105. The van der Waals surface area contributed by atoms with E-state index < -0.39 is 0 Å². The number of nitrogens with one attached hydrogen (secondary N) is 2. The largest absolute Gasteiger partial charge is 0.506 e. The normalized spacial score (nSPS) is 10.4. The van der Waals surface area contributed by atoms with Crippen molar-refractivity contribution in [3.63, 3.8) is 0 Å². The number of carbonyl (C=O) groups is 2. The van der Waals surface area contributed by atoms with Gasteiger partial charge in [-0.05, 0) is 36.4 Å². The molecule has 3 aromatic rings. The Balaban J connectivity index is 1.55. The van der Waals surface area contributed by atoms with Gasteiger partial charge in [0.2, 0.25) is 5.91 Å². The molecule has 1 heterocycles. The average Bonchev–Trinajstić information content (AvgIpc) is 3.07. The zero-order chi connectivity index (χ0) is 19.2. The van der Waals surface area contributed by atoms with Crippen LogP contribution in [0, 0.1) is 0 Å². The smallest absolute Gasteiger partial charge is 0.255 e. The second-order valence-corrected chi connectivity index (χ2v) is 6.65. The van der Waals surface area contributed by atoms with Crippen LogP contribution in [0.5, 0.6) is 5.75 Å². The van der Waals surface area contributed by atoms with E-state index in [0.717, 1.165) is 5.16 Å². The van der Waals surface area contributed by atoms with Crippen LogP contribution in [0.2, 0.25) is 0 Å². The molecule has 3 N–H and O–H groups in total. The molecule has 0 saturated carbocycles. The third kappa shape index (κ3) is 4.89. The van der Waals surface area contributed by atoms with Gasteiger partial charge in [0.25, 0.3) is 5.91 Å². The number of imidazole rings is 1. The molecule has 3 rings (SSSR count). The van der Waals surface area contributed by atoms with Gasteiger partial charge in [-0.2, -0.15) is 0 Å². The summed E-state index contributed by atoms with van der Waals surface area (Å²) in [7, 11) is 1.87. The number of nitrogens with zero attached hydrogens (tertiary/aromatic N) is 2. The van der Waals surface area contributed by atoms with Crippen molar-refractivity contribution >= 4 is 35.0 Å². The van der Waals surface area contributed by atoms with Gasteiger partial charge in [-0.25, -0.2) is 4.98 Å². The number of aromatic hydroxyl groups is 1. The van der Waals surface area contributed by atoms with E-state index >= 15 is 0 Å². The van der Waals surface area contributed by atoms with E-state index in [4.69, 9.17) is 0 Å². The van der Waals surface area contributed by atoms with Gasteiger partial charge in [-0.1, -0.05) is 23.9 Å². The standard InChI is InChI=1S/C19H18N4O3S/c1-23-11-10-20-19(23)27-12-17(25)21-14-8-6-13(7-9-14)18(26)22-15-4-2-3-5-16(15)24/h2-11,24H,12H2,1H3,(H,21,25)(H,22,26). The van der Waals surface area contributed by atoms with Gasteiger partial charge in [-0.15, -0.1) is 0 Å². The van der Waals surface area contributed by atoms with Crippen molar-refractivity contribution in [1.82, 2.24) is 9.55 Å². The van der Waals surface area contributed by atoms with Crippen LogP contribution in [0.1, 0.15) is 10.4 Å². The number of para-hydroxylation sites is 2. The number of phenols is 1. The summed E-state index contributed by atoms with van der Waals surface area (Å²) in [6, 6.07) is 13.0. The fourth-order valence-corrected chi connectivity index (χ4v) is 3.03. The number of hydrogen-bond acceptors (Lipinski definition) is 5. The molecule has 138 valence electrons. The minimum atomic E-state index is -0.347. The van der Waals surface area contributed by atoms with E-state index in [1.54, 1.807) is 48.7 Å². The molecule has 0 atom stereocenters. The number of amides is 2. The zero-order valence-electron chi connectivity index (χ0n) is 14.5. The van der Waals surface area contributed by atoms with Gasteiger partial charge < -0.3 is 20.3 Å². The number of carbonyl (C=O) groups excluding carboxylic acids is 2. The van der Waals surface area contributed by atoms with Crippen molar-refractivity contribution in [3.8, 4) is 5.75 Å². The monoisotopic (exact) mass is 382 g/mol. The van der Waals surface area contributed by atoms with E-state index in [0.29, 0.717) is 16.9 Å². The van der Waals surface area contributed by atoms with Gasteiger partial charge >= 0.3 is 0 Å². The summed E-state index contributed by atoms with van der Waals surface area (Å²) < 4.78 is 1.84.